The van der Waals surface area contributed by atoms with E-state index in [0.29, 0.717) is 25.1 Å². The van der Waals surface area contributed by atoms with Crippen molar-refractivity contribution < 1.29 is 9.53 Å². The topological polar surface area (TPSA) is 85.2 Å². The van der Waals surface area contributed by atoms with E-state index in [-0.39, 0.29) is 5.91 Å². The molecule has 0 radical (unpaired) electrons. The monoisotopic (exact) mass is 508 g/mol. The van der Waals surface area contributed by atoms with Gasteiger partial charge in [0.25, 0.3) is 0 Å². The van der Waals surface area contributed by atoms with E-state index in [2.05, 4.69) is 51.3 Å². The average molecular weight is 509 g/mol. The SMILES string of the molecule is CC(=O)Nc1ccc(-c2nc(C3=CCOCC3)c3cnn(C4CCN(Cc5ccccc5)CC4)c3n2)cc1. The molecule has 1 fully saturated rings. The van der Waals surface area contributed by atoms with Crippen molar-refractivity contribution in [3.8, 4) is 11.4 Å². The zero-order valence-corrected chi connectivity index (χ0v) is 21.6. The van der Waals surface area contributed by atoms with Crippen LogP contribution in [0.25, 0.3) is 28.0 Å². The predicted octanol–water partition coefficient (Wildman–Crippen LogP) is 5.09. The molecule has 0 unspecified atom stereocenters. The van der Waals surface area contributed by atoms with Gasteiger partial charge in [-0.2, -0.15) is 5.10 Å². The number of likely N-dealkylation sites (tertiary alicyclic amines) is 1. The van der Waals surface area contributed by atoms with Crippen molar-refractivity contribution in [1.29, 1.82) is 0 Å². The standard InChI is InChI=1S/C30H32N6O2/c1-21(37)32-25-9-7-24(8-10-25)29-33-28(23-13-17-38-18-14-23)27-19-31-36(30(27)34-29)26-11-15-35(16-12-26)20-22-5-3-2-4-6-22/h2-10,13,19,26H,11-12,14-18,20H2,1H3,(H,32,37). The van der Waals surface area contributed by atoms with Crippen LogP contribution < -0.4 is 5.32 Å². The van der Waals surface area contributed by atoms with E-state index >= 15 is 0 Å². The van der Waals surface area contributed by atoms with Gasteiger partial charge in [0.1, 0.15) is 0 Å². The maximum Gasteiger partial charge on any atom is 0.221 e. The van der Waals surface area contributed by atoms with Gasteiger partial charge in [0.05, 0.1) is 36.5 Å². The highest BCUT2D eigenvalue weighted by Gasteiger charge is 2.25. The van der Waals surface area contributed by atoms with E-state index in [1.165, 1.54) is 18.1 Å². The highest BCUT2D eigenvalue weighted by atomic mass is 16.5. The normalized spacial score (nSPS) is 16.9. The molecule has 2 aromatic heterocycles. The summed E-state index contributed by atoms with van der Waals surface area (Å²) in [4.78, 5) is 24.0. The van der Waals surface area contributed by atoms with Crippen LogP contribution in [0, 0.1) is 0 Å². The maximum atomic E-state index is 11.4. The molecular weight excluding hydrogens is 476 g/mol. The Bertz CT molecular complexity index is 1450. The van der Waals surface area contributed by atoms with Crippen LogP contribution in [0.2, 0.25) is 0 Å². The Morgan fingerprint density at radius 2 is 1.84 bits per heavy atom. The number of carbonyl (C=O) groups excluding carboxylic acids is 1. The lowest BCUT2D eigenvalue weighted by Crippen LogP contribution is -2.34. The van der Waals surface area contributed by atoms with Crippen molar-refractivity contribution in [2.24, 2.45) is 0 Å². The van der Waals surface area contributed by atoms with Crippen LogP contribution in [0.5, 0.6) is 0 Å². The molecule has 6 rings (SSSR count). The van der Waals surface area contributed by atoms with Crippen molar-refractivity contribution in [2.75, 3.05) is 31.6 Å². The molecule has 1 amide bonds. The summed E-state index contributed by atoms with van der Waals surface area (Å²) in [5.41, 5.74) is 6.00. The molecule has 4 aromatic rings. The lowest BCUT2D eigenvalue weighted by atomic mass is 10.0. The van der Waals surface area contributed by atoms with Crippen LogP contribution >= 0.6 is 0 Å². The number of hydrogen-bond donors (Lipinski definition) is 1. The first-order valence-electron chi connectivity index (χ1n) is 13.3. The Morgan fingerprint density at radius 1 is 1.05 bits per heavy atom. The number of aromatic nitrogens is 4. The first-order valence-corrected chi connectivity index (χ1v) is 13.3. The minimum atomic E-state index is -0.0946. The Hall–Kier alpha value is -3.88. The van der Waals surface area contributed by atoms with E-state index in [1.807, 2.05) is 30.5 Å². The molecule has 2 aliphatic rings. The Labute approximate surface area is 222 Å². The second-order valence-corrected chi connectivity index (χ2v) is 10.0. The van der Waals surface area contributed by atoms with Crippen LogP contribution in [-0.4, -0.2) is 56.9 Å². The van der Waals surface area contributed by atoms with Gasteiger partial charge in [-0.15, -0.1) is 0 Å². The number of carbonyl (C=O) groups is 1. The quantitative estimate of drug-likeness (QED) is 0.390. The summed E-state index contributed by atoms with van der Waals surface area (Å²) in [5, 5.41) is 8.67. The molecule has 1 N–H and O–H groups in total. The van der Waals surface area contributed by atoms with Gasteiger partial charge < -0.3 is 10.1 Å². The number of ether oxygens (including phenoxy) is 1. The largest absolute Gasteiger partial charge is 0.377 e. The first-order chi connectivity index (χ1) is 18.6. The van der Waals surface area contributed by atoms with Gasteiger partial charge in [0.15, 0.2) is 11.5 Å². The van der Waals surface area contributed by atoms with Gasteiger partial charge in [-0.25, -0.2) is 14.6 Å². The molecule has 2 aliphatic heterocycles. The fraction of sp³-hybridized carbons (Fsp3) is 0.333. The molecule has 4 heterocycles. The molecule has 2 aromatic carbocycles. The van der Waals surface area contributed by atoms with Crippen LogP contribution in [0.3, 0.4) is 0 Å². The molecule has 0 atom stereocenters. The summed E-state index contributed by atoms with van der Waals surface area (Å²) in [6, 6.07) is 18.6. The van der Waals surface area contributed by atoms with Gasteiger partial charge in [0.2, 0.25) is 5.91 Å². The van der Waals surface area contributed by atoms with Gasteiger partial charge in [-0.3, -0.25) is 9.69 Å². The lowest BCUT2D eigenvalue weighted by Gasteiger charge is -2.32. The average Bonchev–Trinajstić information content (AvgIpc) is 3.38. The van der Waals surface area contributed by atoms with Crippen LogP contribution in [-0.2, 0) is 16.1 Å². The molecule has 8 nitrogen and oxygen atoms in total. The Balaban J connectivity index is 1.31. The Kier molecular flexibility index (Phi) is 6.98. The minimum Gasteiger partial charge on any atom is -0.377 e. The third-order valence-corrected chi connectivity index (χ3v) is 7.34. The number of piperidine rings is 1. The molecule has 0 saturated carbocycles. The number of nitrogens with one attached hydrogen (secondary N) is 1. The third-order valence-electron chi connectivity index (χ3n) is 7.34. The second-order valence-electron chi connectivity index (χ2n) is 10.0. The van der Waals surface area contributed by atoms with E-state index in [1.54, 1.807) is 0 Å². The van der Waals surface area contributed by atoms with Crippen LogP contribution in [0.4, 0.5) is 5.69 Å². The zero-order valence-electron chi connectivity index (χ0n) is 21.6. The first kappa shape index (κ1) is 24.5. The number of fused-ring (bicyclic) bond motifs is 1. The molecule has 194 valence electrons. The summed E-state index contributed by atoms with van der Waals surface area (Å²) >= 11 is 0. The van der Waals surface area contributed by atoms with E-state index < -0.39 is 0 Å². The van der Waals surface area contributed by atoms with Gasteiger partial charge in [0, 0.05) is 37.8 Å². The molecule has 0 aliphatic carbocycles. The van der Waals surface area contributed by atoms with Crippen molar-refractivity contribution in [3.63, 3.8) is 0 Å². The van der Waals surface area contributed by atoms with Gasteiger partial charge in [-0.05, 0) is 54.7 Å². The lowest BCUT2D eigenvalue weighted by molar-refractivity contribution is -0.114. The summed E-state index contributed by atoms with van der Waals surface area (Å²) in [5.74, 6) is 0.570. The Morgan fingerprint density at radius 3 is 2.55 bits per heavy atom. The molecule has 38 heavy (non-hydrogen) atoms. The van der Waals surface area contributed by atoms with Crippen LogP contribution in [0.1, 0.15) is 43.5 Å². The highest BCUT2D eigenvalue weighted by molar-refractivity contribution is 5.90. The fourth-order valence-electron chi connectivity index (χ4n) is 5.38. The molecular formula is C30H32N6O2. The summed E-state index contributed by atoms with van der Waals surface area (Å²) < 4.78 is 7.69. The van der Waals surface area contributed by atoms with Crippen molar-refractivity contribution in [1.82, 2.24) is 24.6 Å². The number of nitrogens with zero attached hydrogens (tertiary/aromatic N) is 5. The number of rotatable bonds is 6. The van der Waals surface area contributed by atoms with Gasteiger partial charge >= 0.3 is 0 Å². The molecule has 0 bridgehead atoms. The smallest absolute Gasteiger partial charge is 0.221 e. The van der Waals surface area contributed by atoms with Crippen molar-refractivity contribution in [2.45, 2.75) is 38.8 Å². The van der Waals surface area contributed by atoms with Crippen molar-refractivity contribution in [3.05, 3.63) is 78.1 Å². The van der Waals surface area contributed by atoms with Crippen molar-refractivity contribution >= 4 is 28.2 Å². The van der Waals surface area contributed by atoms with Gasteiger partial charge in [-0.1, -0.05) is 36.4 Å². The number of anilines is 1. The molecule has 8 heteroatoms. The molecule has 0 spiro atoms. The van der Waals surface area contributed by atoms with E-state index in [4.69, 9.17) is 19.8 Å². The minimum absolute atomic E-state index is 0.0946. The summed E-state index contributed by atoms with van der Waals surface area (Å²) in [6.07, 6.45) is 6.92. The summed E-state index contributed by atoms with van der Waals surface area (Å²) in [7, 11) is 0. The fourth-order valence-corrected chi connectivity index (χ4v) is 5.38. The predicted molar refractivity (Wildman–Crippen MR) is 148 cm³/mol. The number of amides is 1. The van der Waals surface area contributed by atoms with E-state index in [9.17, 15) is 4.79 Å². The number of benzene rings is 2. The second kappa shape index (κ2) is 10.8. The number of hydrogen-bond acceptors (Lipinski definition) is 6. The highest BCUT2D eigenvalue weighted by Crippen LogP contribution is 2.32. The van der Waals surface area contributed by atoms with Crippen LogP contribution in [0.15, 0.2) is 66.9 Å². The third kappa shape index (κ3) is 5.23. The molecule has 1 saturated heterocycles. The van der Waals surface area contributed by atoms with E-state index in [0.717, 1.165) is 66.9 Å². The maximum absolute atomic E-state index is 11.4. The summed E-state index contributed by atoms with van der Waals surface area (Å²) in [6.45, 7) is 5.82. The zero-order chi connectivity index (χ0) is 25.9.